The van der Waals surface area contributed by atoms with E-state index in [0.717, 1.165) is 16.2 Å². The smallest absolute Gasteiger partial charge is 0.165 e. The summed E-state index contributed by atoms with van der Waals surface area (Å²) in [5.74, 6) is 8.20. The van der Waals surface area contributed by atoms with E-state index < -0.39 is 7.14 Å². The van der Waals surface area contributed by atoms with Crippen molar-refractivity contribution in [3.63, 3.8) is 0 Å². The summed E-state index contributed by atoms with van der Waals surface area (Å²) in [5, 5.41) is 1.66. The molecule has 3 rings (SSSR count). The lowest BCUT2D eigenvalue weighted by Gasteiger charge is -2.15. The van der Waals surface area contributed by atoms with Crippen molar-refractivity contribution in [2.75, 3.05) is 0 Å². The summed E-state index contributed by atoms with van der Waals surface area (Å²) >= 11 is 0. The molecule has 3 aromatic rings. The molecule has 0 amide bonds. The molecule has 0 aromatic heterocycles. The molecule has 128 valence electrons. The Morgan fingerprint density at radius 2 is 1.27 bits per heavy atom. The van der Waals surface area contributed by atoms with Gasteiger partial charge in [-0.3, -0.25) is 0 Å². The van der Waals surface area contributed by atoms with Crippen LogP contribution >= 0.6 is 7.14 Å². The molecular formula is C24H21OP. The standard InChI is InChI=1S/C24H21OP/c1-21(12-11-15-22-13-5-2-6-14-22)20-26(25,23-16-7-3-8-17-23)24-18-9-4-10-19-24/h2-10,13-14,16-20H,15H2,1H3/b21-20+. The topological polar surface area (TPSA) is 17.1 Å². The summed E-state index contributed by atoms with van der Waals surface area (Å²) in [6, 6.07) is 29.4. The van der Waals surface area contributed by atoms with Crippen LogP contribution in [-0.4, -0.2) is 0 Å². The SMILES string of the molecule is C/C(C#CCc1ccccc1)=C\P(=O)(c1ccccc1)c1ccccc1. The van der Waals surface area contributed by atoms with Crippen LogP contribution < -0.4 is 10.6 Å². The Morgan fingerprint density at radius 1 is 0.808 bits per heavy atom. The molecule has 0 aliphatic carbocycles. The van der Waals surface area contributed by atoms with E-state index >= 15 is 0 Å². The number of hydrogen-bond acceptors (Lipinski definition) is 1. The number of hydrogen-bond donors (Lipinski definition) is 0. The van der Waals surface area contributed by atoms with Gasteiger partial charge >= 0.3 is 0 Å². The van der Waals surface area contributed by atoms with Gasteiger partial charge in [0.2, 0.25) is 0 Å². The van der Waals surface area contributed by atoms with E-state index in [-0.39, 0.29) is 0 Å². The van der Waals surface area contributed by atoms with E-state index in [1.807, 2.05) is 91.6 Å². The van der Waals surface area contributed by atoms with Crippen LogP contribution in [0.2, 0.25) is 0 Å². The Morgan fingerprint density at radius 3 is 1.77 bits per heavy atom. The summed E-state index contributed by atoms with van der Waals surface area (Å²) in [7, 11) is -2.86. The van der Waals surface area contributed by atoms with E-state index in [2.05, 4.69) is 24.0 Å². The maximum atomic E-state index is 13.9. The minimum absolute atomic E-state index is 0.687. The van der Waals surface area contributed by atoms with Crippen LogP contribution in [0.1, 0.15) is 12.5 Å². The lowest BCUT2D eigenvalue weighted by Crippen LogP contribution is -2.14. The van der Waals surface area contributed by atoms with Crippen molar-refractivity contribution in [1.29, 1.82) is 0 Å². The quantitative estimate of drug-likeness (QED) is 0.467. The Labute approximate surface area is 155 Å². The van der Waals surface area contributed by atoms with Crippen molar-refractivity contribution in [3.8, 4) is 11.8 Å². The van der Waals surface area contributed by atoms with Crippen LogP contribution in [0.5, 0.6) is 0 Å². The molecule has 0 fully saturated rings. The minimum Gasteiger partial charge on any atom is -0.309 e. The highest BCUT2D eigenvalue weighted by atomic mass is 31.2. The molecule has 2 heteroatoms. The van der Waals surface area contributed by atoms with Gasteiger partial charge in [-0.05, 0) is 18.3 Å². The highest BCUT2D eigenvalue weighted by Gasteiger charge is 2.24. The Bertz CT molecular complexity index is 934. The van der Waals surface area contributed by atoms with Gasteiger partial charge in [-0.2, -0.15) is 0 Å². The zero-order chi connectivity index (χ0) is 18.2. The van der Waals surface area contributed by atoms with Crippen LogP contribution in [0.3, 0.4) is 0 Å². The maximum Gasteiger partial charge on any atom is 0.165 e. The van der Waals surface area contributed by atoms with Gasteiger partial charge in [-0.15, -0.1) is 0 Å². The van der Waals surface area contributed by atoms with Gasteiger partial charge < -0.3 is 4.57 Å². The number of benzene rings is 3. The first-order valence-electron chi connectivity index (χ1n) is 8.62. The zero-order valence-corrected chi connectivity index (χ0v) is 15.7. The second-order valence-corrected chi connectivity index (χ2v) is 8.71. The van der Waals surface area contributed by atoms with Crippen LogP contribution in [0.4, 0.5) is 0 Å². The lowest BCUT2D eigenvalue weighted by molar-refractivity contribution is 0.592. The van der Waals surface area contributed by atoms with Crippen molar-refractivity contribution >= 4 is 17.8 Å². The first kappa shape index (κ1) is 18.0. The average molecular weight is 356 g/mol. The van der Waals surface area contributed by atoms with Gasteiger partial charge in [-0.25, -0.2) is 0 Å². The Balaban J connectivity index is 1.93. The average Bonchev–Trinajstić information content (AvgIpc) is 2.70. The summed E-state index contributed by atoms with van der Waals surface area (Å²) in [6.07, 6.45) is 0.687. The summed E-state index contributed by atoms with van der Waals surface area (Å²) in [4.78, 5) is 0. The first-order chi connectivity index (χ1) is 12.7. The molecule has 0 saturated carbocycles. The summed E-state index contributed by atoms with van der Waals surface area (Å²) < 4.78 is 13.9. The van der Waals surface area contributed by atoms with Crippen molar-refractivity contribution in [1.82, 2.24) is 0 Å². The normalized spacial score (nSPS) is 11.5. The molecule has 1 nitrogen and oxygen atoms in total. The first-order valence-corrected chi connectivity index (χ1v) is 10.4. The third kappa shape index (κ3) is 4.42. The summed E-state index contributed by atoms with van der Waals surface area (Å²) in [5.41, 5.74) is 2.01. The molecule has 0 saturated heterocycles. The molecule has 0 unspecified atom stereocenters. The monoisotopic (exact) mass is 356 g/mol. The lowest BCUT2D eigenvalue weighted by atomic mass is 10.1. The van der Waals surface area contributed by atoms with Crippen molar-refractivity contribution in [3.05, 3.63) is 108 Å². The second-order valence-electron chi connectivity index (χ2n) is 6.11. The van der Waals surface area contributed by atoms with Crippen LogP contribution in [0.15, 0.2) is 102 Å². The number of rotatable bonds is 4. The van der Waals surface area contributed by atoms with E-state index in [1.165, 1.54) is 5.56 Å². The molecule has 0 N–H and O–H groups in total. The fourth-order valence-electron chi connectivity index (χ4n) is 2.78. The van der Waals surface area contributed by atoms with Crippen molar-refractivity contribution in [2.45, 2.75) is 13.3 Å². The Hall–Kier alpha value is -2.81. The maximum absolute atomic E-state index is 13.9. The third-order valence-corrected chi connectivity index (χ3v) is 6.96. The molecule has 0 bridgehead atoms. The summed E-state index contributed by atoms with van der Waals surface area (Å²) in [6.45, 7) is 1.93. The fourth-order valence-corrected chi connectivity index (χ4v) is 5.22. The van der Waals surface area contributed by atoms with Crippen molar-refractivity contribution < 1.29 is 4.57 Å². The molecule has 0 aliphatic heterocycles. The highest BCUT2D eigenvalue weighted by Crippen LogP contribution is 2.45. The van der Waals surface area contributed by atoms with Gasteiger partial charge in [0.05, 0.1) is 0 Å². The van der Waals surface area contributed by atoms with Crippen LogP contribution in [0, 0.1) is 11.8 Å². The molecule has 26 heavy (non-hydrogen) atoms. The van der Waals surface area contributed by atoms with Gasteiger partial charge in [-0.1, -0.05) is 103 Å². The molecule has 0 spiro atoms. The minimum atomic E-state index is -2.86. The van der Waals surface area contributed by atoms with Gasteiger partial charge in [0.15, 0.2) is 7.14 Å². The predicted molar refractivity (Wildman–Crippen MR) is 111 cm³/mol. The molecule has 0 radical (unpaired) electrons. The van der Waals surface area contributed by atoms with Crippen molar-refractivity contribution in [2.24, 2.45) is 0 Å². The van der Waals surface area contributed by atoms with Crippen LogP contribution in [-0.2, 0) is 11.0 Å². The zero-order valence-electron chi connectivity index (χ0n) is 14.8. The predicted octanol–water partition coefficient (Wildman–Crippen LogP) is 5.15. The van der Waals surface area contributed by atoms with E-state index in [9.17, 15) is 4.57 Å². The highest BCUT2D eigenvalue weighted by molar-refractivity contribution is 7.81. The molecule has 0 atom stereocenters. The second kappa shape index (κ2) is 8.52. The van der Waals surface area contributed by atoms with Gasteiger partial charge in [0, 0.05) is 22.6 Å². The van der Waals surface area contributed by atoms with E-state index in [4.69, 9.17) is 0 Å². The Kier molecular flexibility index (Phi) is 5.90. The third-order valence-electron chi connectivity index (χ3n) is 4.08. The molecule has 0 aliphatic rings. The van der Waals surface area contributed by atoms with Crippen LogP contribution in [0.25, 0.3) is 0 Å². The van der Waals surface area contributed by atoms with Gasteiger partial charge in [0.25, 0.3) is 0 Å². The fraction of sp³-hybridized carbons (Fsp3) is 0.0833. The van der Waals surface area contributed by atoms with E-state index in [0.29, 0.717) is 6.42 Å². The van der Waals surface area contributed by atoms with Gasteiger partial charge in [0.1, 0.15) is 0 Å². The largest absolute Gasteiger partial charge is 0.309 e. The number of allylic oxidation sites excluding steroid dienone is 1. The molecule has 3 aromatic carbocycles. The molecule has 0 heterocycles. The molecular weight excluding hydrogens is 335 g/mol. The van der Waals surface area contributed by atoms with E-state index in [1.54, 1.807) is 0 Å².